The highest BCUT2D eigenvalue weighted by Gasteiger charge is 1.92. The van der Waals surface area contributed by atoms with Gasteiger partial charge in [0.25, 0.3) is 0 Å². The summed E-state index contributed by atoms with van der Waals surface area (Å²) in [5.74, 6) is 0. The lowest BCUT2D eigenvalue weighted by atomic mass is 10.1. The first kappa shape index (κ1) is 9.70. The maximum Gasteiger partial charge on any atom is -0.0112 e. The third-order valence-corrected chi connectivity index (χ3v) is 2.33. The summed E-state index contributed by atoms with van der Waals surface area (Å²) in [4.78, 5) is 0. The van der Waals surface area contributed by atoms with Gasteiger partial charge in [-0.2, -0.15) is 0 Å². The van der Waals surface area contributed by atoms with Gasteiger partial charge in [0, 0.05) is 0 Å². The average Bonchev–Trinajstić information content (AvgIpc) is 2.06. The molecular formula is C10H10BrP. The van der Waals surface area contributed by atoms with E-state index in [1.165, 1.54) is 16.1 Å². The minimum atomic E-state index is 0. The van der Waals surface area contributed by atoms with Gasteiger partial charge in [-0.1, -0.05) is 42.5 Å². The quantitative estimate of drug-likeness (QED) is 0.622. The number of benzene rings is 2. The van der Waals surface area contributed by atoms with E-state index in [1.54, 1.807) is 0 Å². The molecule has 1 unspecified atom stereocenters. The van der Waals surface area contributed by atoms with E-state index >= 15 is 0 Å². The Hall–Kier alpha value is -0.390. The van der Waals surface area contributed by atoms with Gasteiger partial charge in [0.15, 0.2) is 0 Å². The maximum absolute atomic E-state index is 2.74. The van der Waals surface area contributed by atoms with Crippen LogP contribution >= 0.6 is 26.2 Å². The molecule has 0 saturated carbocycles. The molecule has 0 radical (unpaired) electrons. The maximum atomic E-state index is 2.74. The van der Waals surface area contributed by atoms with Gasteiger partial charge < -0.3 is 0 Å². The first-order valence-corrected chi connectivity index (χ1v) is 4.19. The van der Waals surface area contributed by atoms with Gasteiger partial charge in [-0.05, 0) is 16.1 Å². The molecule has 0 saturated heterocycles. The fraction of sp³-hybridized carbons (Fsp3) is 0. The highest BCUT2D eigenvalue weighted by atomic mass is 79.9. The van der Waals surface area contributed by atoms with Crippen LogP contribution in [0.5, 0.6) is 0 Å². The van der Waals surface area contributed by atoms with Crippen LogP contribution in [0, 0.1) is 0 Å². The Morgan fingerprint density at radius 1 is 0.833 bits per heavy atom. The van der Waals surface area contributed by atoms with Gasteiger partial charge in [0.2, 0.25) is 0 Å². The van der Waals surface area contributed by atoms with Crippen LogP contribution in [0.1, 0.15) is 0 Å². The lowest BCUT2D eigenvalue weighted by Crippen LogP contribution is -1.90. The lowest BCUT2D eigenvalue weighted by Gasteiger charge is -1.98. The van der Waals surface area contributed by atoms with Crippen LogP contribution in [0.25, 0.3) is 10.8 Å². The fourth-order valence-corrected chi connectivity index (χ4v) is 1.62. The van der Waals surface area contributed by atoms with Crippen molar-refractivity contribution in [1.82, 2.24) is 0 Å². The predicted octanol–water partition coefficient (Wildman–Crippen LogP) is 2.92. The Bertz CT molecular complexity index is 379. The molecule has 0 aromatic heterocycles. The molecule has 0 nitrogen and oxygen atoms in total. The minimum absolute atomic E-state index is 0. The van der Waals surface area contributed by atoms with Crippen LogP contribution in [-0.4, -0.2) is 0 Å². The van der Waals surface area contributed by atoms with Crippen molar-refractivity contribution >= 4 is 42.3 Å². The topological polar surface area (TPSA) is 0 Å². The Morgan fingerprint density at radius 3 is 2.25 bits per heavy atom. The number of fused-ring (bicyclic) bond motifs is 1. The molecule has 2 aromatic rings. The Labute approximate surface area is 85.0 Å². The summed E-state index contributed by atoms with van der Waals surface area (Å²) < 4.78 is 0. The summed E-state index contributed by atoms with van der Waals surface area (Å²) in [6.07, 6.45) is 0. The molecule has 0 aliphatic rings. The summed E-state index contributed by atoms with van der Waals surface area (Å²) in [6.45, 7) is 0. The van der Waals surface area contributed by atoms with E-state index < -0.39 is 0 Å². The molecule has 0 aliphatic heterocycles. The smallest absolute Gasteiger partial charge is 0.0112 e. The van der Waals surface area contributed by atoms with E-state index in [9.17, 15) is 0 Å². The zero-order valence-corrected chi connectivity index (χ0v) is 9.39. The molecule has 62 valence electrons. The largest absolute Gasteiger partial charge is 0.114 e. The number of hydrogen-bond donors (Lipinski definition) is 0. The van der Waals surface area contributed by atoms with Gasteiger partial charge >= 0.3 is 0 Å². The zero-order chi connectivity index (χ0) is 7.68. The average molecular weight is 241 g/mol. The van der Waals surface area contributed by atoms with Crippen LogP contribution in [0.2, 0.25) is 0 Å². The van der Waals surface area contributed by atoms with Gasteiger partial charge in [-0.3, -0.25) is 0 Å². The van der Waals surface area contributed by atoms with Crippen molar-refractivity contribution in [2.24, 2.45) is 0 Å². The Morgan fingerprint density at radius 2 is 1.50 bits per heavy atom. The van der Waals surface area contributed by atoms with Crippen LogP contribution in [0.4, 0.5) is 0 Å². The molecule has 0 fully saturated rings. The van der Waals surface area contributed by atoms with Crippen LogP contribution in [-0.2, 0) is 0 Å². The summed E-state index contributed by atoms with van der Waals surface area (Å²) in [7, 11) is 2.74. The third kappa shape index (κ3) is 1.68. The second kappa shape index (κ2) is 4.02. The van der Waals surface area contributed by atoms with Gasteiger partial charge in [0.05, 0.1) is 0 Å². The molecule has 2 rings (SSSR count). The monoisotopic (exact) mass is 240 g/mol. The first-order valence-electron chi connectivity index (χ1n) is 3.61. The molecule has 0 N–H and O–H groups in total. The second-order valence-electron chi connectivity index (χ2n) is 2.57. The lowest BCUT2D eigenvalue weighted by molar-refractivity contribution is 1.79. The normalized spacial score (nSPS) is 9.42. The summed E-state index contributed by atoms with van der Waals surface area (Å²) in [5.41, 5.74) is 0. The zero-order valence-electron chi connectivity index (χ0n) is 6.53. The van der Waals surface area contributed by atoms with E-state index in [1.807, 2.05) is 0 Å². The number of halogens is 1. The van der Waals surface area contributed by atoms with Crippen LogP contribution in [0.15, 0.2) is 42.5 Å². The predicted molar refractivity (Wildman–Crippen MR) is 63.6 cm³/mol. The molecule has 2 heteroatoms. The summed E-state index contributed by atoms with van der Waals surface area (Å²) in [5, 5.41) is 3.89. The molecule has 12 heavy (non-hydrogen) atoms. The SMILES string of the molecule is Br.Pc1cccc2ccccc12. The molecular weight excluding hydrogens is 231 g/mol. The van der Waals surface area contributed by atoms with Crippen molar-refractivity contribution in [2.45, 2.75) is 0 Å². The summed E-state index contributed by atoms with van der Waals surface area (Å²) in [6, 6.07) is 14.7. The van der Waals surface area contributed by atoms with Crippen LogP contribution in [0.3, 0.4) is 0 Å². The van der Waals surface area contributed by atoms with E-state index in [-0.39, 0.29) is 17.0 Å². The van der Waals surface area contributed by atoms with Crippen LogP contribution < -0.4 is 5.30 Å². The van der Waals surface area contributed by atoms with Crippen molar-refractivity contribution in [3.8, 4) is 0 Å². The van der Waals surface area contributed by atoms with Crippen molar-refractivity contribution < 1.29 is 0 Å². The molecule has 2 aromatic carbocycles. The third-order valence-electron chi connectivity index (χ3n) is 1.82. The van der Waals surface area contributed by atoms with Gasteiger partial charge in [-0.25, -0.2) is 0 Å². The van der Waals surface area contributed by atoms with E-state index in [2.05, 4.69) is 51.7 Å². The molecule has 1 atom stereocenters. The molecule has 0 heterocycles. The van der Waals surface area contributed by atoms with E-state index in [0.717, 1.165) is 0 Å². The minimum Gasteiger partial charge on any atom is -0.114 e. The van der Waals surface area contributed by atoms with E-state index in [0.29, 0.717) is 0 Å². The molecule has 0 spiro atoms. The fourth-order valence-electron chi connectivity index (χ4n) is 1.25. The number of hydrogen-bond acceptors (Lipinski definition) is 0. The standard InChI is InChI=1S/C10H9P.BrH/c11-10-7-3-5-8-4-1-2-6-9(8)10;/h1-7H,11H2;1H. The second-order valence-corrected chi connectivity index (χ2v) is 3.19. The highest BCUT2D eigenvalue weighted by molar-refractivity contribution is 8.93. The summed E-state index contributed by atoms with van der Waals surface area (Å²) >= 11 is 0. The Kier molecular flexibility index (Phi) is 3.25. The van der Waals surface area contributed by atoms with Crippen molar-refractivity contribution in [3.05, 3.63) is 42.5 Å². The molecule has 0 aliphatic carbocycles. The van der Waals surface area contributed by atoms with Crippen molar-refractivity contribution in [2.75, 3.05) is 0 Å². The van der Waals surface area contributed by atoms with E-state index in [4.69, 9.17) is 0 Å². The number of rotatable bonds is 0. The first-order chi connectivity index (χ1) is 5.38. The van der Waals surface area contributed by atoms with Gasteiger partial charge in [-0.15, -0.1) is 26.2 Å². The molecule has 0 bridgehead atoms. The van der Waals surface area contributed by atoms with Crippen molar-refractivity contribution in [1.29, 1.82) is 0 Å². The molecule has 0 amide bonds. The van der Waals surface area contributed by atoms with Crippen molar-refractivity contribution in [3.63, 3.8) is 0 Å². The highest BCUT2D eigenvalue weighted by Crippen LogP contribution is 2.12. The van der Waals surface area contributed by atoms with Gasteiger partial charge in [0.1, 0.15) is 0 Å². The Balaban J connectivity index is 0.000000720.